The first-order valence-electron chi connectivity index (χ1n) is 4.67. The predicted molar refractivity (Wildman–Crippen MR) is 55.6 cm³/mol. The maximum absolute atomic E-state index is 11.9. The summed E-state index contributed by atoms with van der Waals surface area (Å²) in [5, 5.41) is 4.41. The van der Waals surface area contributed by atoms with Crippen molar-refractivity contribution in [1.29, 1.82) is 0 Å². The van der Waals surface area contributed by atoms with Gasteiger partial charge in [-0.15, -0.1) is 11.3 Å². The van der Waals surface area contributed by atoms with Crippen LogP contribution in [0.5, 0.6) is 0 Å². The third-order valence-corrected chi connectivity index (χ3v) is 3.00. The van der Waals surface area contributed by atoms with Gasteiger partial charge in [0.2, 0.25) is 5.91 Å². The zero-order valence-electron chi connectivity index (χ0n) is 8.27. The van der Waals surface area contributed by atoms with Crippen LogP contribution in [0.2, 0.25) is 0 Å². The van der Waals surface area contributed by atoms with Crippen LogP contribution in [-0.4, -0.2) is 40.8 Å². The number of thiazole rings is 1. The lowest BCUT2D eigenvalue weighted by Crippen LogP contribution is -2.55. The zero-order chi connectivity index (χ0) is 10.8. The Morgan fingerprint density at radius 1 is 1.73 bits per heavy atom. The Bertz CT molecular complexity index is 377. The first-order valence-corrected chi connectivity index (χ1v) is 5.61. The molecule has 2 rings (SSSR count). The molecular weight excluding hydrogens is 214 g/mol. The van der Waals surface area contributed by atoms with Crippen molar-refractivity contribution in [2.24, 2.45) is 0 Å². The van der Waals surface area contributed by atoms with E-state index < -0.39 is 6.04 Å². The molecule has 5 nitrogen and oxygen atoms in total. The van der Waals surface area contributed by atoms with Gasteiger partial charge in [0.1, 0.15) is 11.7 Å². The smallest absolute Gasteiger partial charge is 0.274 e. The van der Waals surface area contributed by atoms with Gasteiger partial charge in [-0.2, -0.15) is 0 Å². The highest BCUT2D eigenvalue weighted by atomic mass is 32.1. The highest BCUT2D eigenvalue weighted by Crippen LogP contribution is 2.10. The number of nitrogens with one attached hydrogen (secondary N) is 1. The summed E-state index contributed by atoms with van der Waals surface area (Å²) in [5.74, 6) is -0.275. The second kappa shape index (κ2) is 3.98. The van der Waals surface area contributed by atoms with E-state index in [9.17, 15) is 9.59 Å². The number of amides is 2. The predicted octanol–water partition coefficient (Wildman–Crippen LogP) is 0.104. The van der Waals surface area contributed by atoms with Gasteiger partial charge in [0.05, 0.1) is 5.51 Å². The van der Waals surface area contributed by atoms with Gasteiger partial charge in [-0.05, 0) is 6.92 Å². The fourth-order valence-electron chi connectivity index (χ4n) is 1.53. The lowest BCUT2D eigenvalue weighted by Gasteiger charge is -2.32. The highest BCUT2D eigenvalue weighted by Gasteiger charge is 2.30. The van der Waals surface area contributed by atoms with Gasteiger partial charge in [-0.3, -0.25) is 9.59 Å². The van der Waals surface area contributed by atoms with Crippen molar-refractivity contribution >= 4 is 23.2 Å². The molecule has 1 aliphatic rings. The van der Waals surface area contributed by atoms with E-state index in [2.05, 4.69) is 10.3 Å². The van der Waals surface area contributed by atoms with Gasteiger partial charge in [0.25, 0.3) is 5.91 Å². The Labute approximate surface area is 91.1 Å². The van der Waals surface area contributed by atoms with Crippen LogP contribution < -0.4 is 5.32 Å². The number of nitrogens with zero attached hydrogens (tertiary/aromatic N) is 2. The minimum Gasteiger partial charge on any atom is -0.353 e. The SMILES string of the molecule is CC1C(=O)NCCN1C(=O)c1cscn1. The minimum atomic E-state index is -0.409. The second-order valence-electron chi connectivity index (χ2n) is 3.34. The number of piperazine rings is 1. The maximum atomic E-state index is 11.9. The molecule has 0 spiro atoms. The molecule has 1 aromatic heterocycles. The summed E-state index contributed by atoms with van der Waals surface area (Å²) in [6, 6.07) is -0.409. The number of aromatic nitrogens is 1. The molecule has 1 saturated heterocycles. The zero-order valence-corrected chi connectivity index (χ0v) is 9.08. The fourth-order valence-corrected chi connectivity index (χ4v) is 2.05. The van der Waals surface area contributed by atoms with Crippen molar-refractivity contribution in [2.75, 3.05) is 13.1 Å². The standard InChI is InChI=1S/C9H11N3O2S/c1-6-8(13)10-2-3-12(6)9(14)7-4-15-5-11-7/h4-6H,2-3H2,1H3,(H,10,13). The van der Waals surface area contributed by atoms with E-state index in [1.165, 1.54) is 11.3 Å². The third kappa shape index (κ3) is 1.85. The molecule has 0 aromatic carbocycles. The van der Waals surface area contributed by atoms with Crippen molar-refractivity contribution in [3.63, 3.8) is 0 Å². The van der Waals surface area contributed by atoms with Crippen molar-refractivity contribution in [3.8, 4) is 0 Å². The van der Waals surface area contributed by atoms with Crippen LogP contribution in [0.3, 0.4) is 0 Å². The molecular formula is C9H11N3O2S. The quantitative estimate of drug-likeness (QED) is 0.737. The summed E-state index contributed by atoms with van der Waals surface area (Å²) in [7, 11) is 0. The van der Waals surface area contributed by atoms with E-state index in [4.69, 9.17) is 0 Å². The average molecular weight is 225 g/mol. The van der Waals surface area contributed by atoms with Gasteiger partial charge in [0.15, 0.2) is 0 Å². The summed E-state index contributed by atoms with van der Waals surface area (Å²) >= 11 is 1.37. The molecule has 0 radical (unpaired) electrons. The van der Waals surface area contributed by atoms with Crippen LogP contribution in [0.4, 0.5) is 0 Å². The van der Waals surface area contributed by atoms with E-state index in [0.717, 1.165) is 0 Å². The number of carbonyl (C=O) groups is 2. The number of hydrogen-bond donors (Lipinski definition) is 1. The lowest BCUT2D eigenvalue weighted by molar-refractivity contribution is -0.127. The minimum absolute atomic E-state index is 0.107. The molecule has 1 unspecified atom stereocenters. The van der Waals surface area contributed by atoms with Crippen LogP contribution >= 0.6 is 11.3 Å². The Kier molecular flexibility index (Phi) is 2.68. The molecule has 0 aliphatic carbocycles. The normalized spacial score (nSPS) is 21.3. The van der Waals surface area contributed by atoms with E-state index in [0.29, 0.717) is 18.8 Å². The van der Waals surface area contributed by atoms with Crippen molar-refractivity contribution in [2.45, 2.75) is 13.0 Å². The monoisotopic (exact) mass is 225 g/mol. The van der Waals surface area contributed by atoms with Gasteiger partial charge < -0.3 is 10.2 Å². The number of carbonyl (C=O) groups excluding carboxylic acids is 2. The van der Waals surface area contributed by atoms with Gasteiger partial charge in [-0.1, -0.05) is 0 Å². The molecule has 6 heteroatoms. The summed E-state index contributed by atoms with van der Waals surface area (Å²) in [6.45, 7) is 2.78. The van der Waals surface area contributed by atoms with Gasteiger partial charge in [0, 0.05) is 18.5 Å². The number of hydrogen-bond acceptors (Lipinski definition) is 4. The van der Waals surface area contributed by atoms with Crippen LogP contribution in [0.25, 0.3) is 0 Å². The summed E-state index contributed by atoms with van der Waals surface area (Å²) in [6.07, 6.45) is 0. The molecule has 1 atom stereocenters. The molecule has 1 aliphatic heterocycles. The largest absolute Gasteiger partial charge is 0.353 e. The molecule has 2 heterocycles. The third-order valence-electron chi connectivity index (χ3n) is 2.41. The molecule has 1 fully saturated rings. The van der Waals surface area contributed by atoms with Crippen LogP contribution in [0, 0.1) is 0 Å². The first-order chi connectivity index (χ1) is 7.20. The molecule has 2 amide bonds. The second-order valence-corrected chi connectivity index (χ2v) is 4.06. The molecule has 1 N–H and O–H groups in total. The summed E-state index contributed by atoms with van der Waals surface area (Å²) < 4.78 is 0. The van der Waals surface area contributed by atoms with E-state index in [1.807, 2.05) is 0 Å². The maximum Gasteiger partial charge on any atom is 0.274 e. The van der Waals surface area contributed by atoms with E-state index in [-0.39, 0.29) is 11.8 Å². The van der Waals surface area contributed by atoms with Crippen LogP contribution in [0.1, 0.15) is 17.4 Å². The van der Waals surface area contributed by atoms with Gasteiger partial charge in [-0.25, -0.2) is 4.98 Å². The Hall–Kier alpha value is -1.43. The van der Waals surface area contributed by atoms with Crippen molar-refractivity contribution < 1.29 is 9.59 Å². The topological polar surface area (TPSA) is 62.3 Å². The van der Waals surface area contributed by atoms with E-state index in [1.54, 1.807) is 22.7 Å². The molecule has 15 heavy (non-hydrogen) atoms. The molecule has 80 valence electrons. The van der Waals surface area contributed by atoms with Crippen LogP contribution in [0.15, 0.2) is 10.9 Å². The molecule has 0 bridgehead atoms. The average Bonchev–Trinajstić information content (AvgIpc) is 2.74. The first kappa shape index (κ1) is 10.1. The molecule has 1 aromatic rings. The Balaban J connectivity index is 2.16. The number of rotatable bonds is 1. The fraction of sp³-hybridized carbons (Fsp3) is 0.444. The Morgan fingerprint density at radius 2 is 2.53 bits per heavy atom. The van der Waals surface area contributed by atoms with Crippen LogP contribution in [-0.2, 0) is 4.79 Å². The Morgan fingerprint density at radius 3 is 3.20 bits per heavy atom. The van der Waals surface area contributed by atoms with Crippen molar-refractivity contribution in [3.05, 3.63) is 16.6 Å². The van der Waals surface area contributed by atoms with Crippen molar-refractivity contribution in [1.82, 2.24) is 15.2 Å². The summed E-state index contributed by atoms with van der Waals surface area (Å²) in [5.41, 5.74) is 2.03. The van der Waals surface area contributed by atoms with E-state index >= 15 is 0 Å². The van der Waals surface area contributed by atoms with Gasteiger partial charge >= 0.3 is 0 Å². The summed E-state index contributed by atoms with van der Waals surface area (Å²) in [4.78, 5) is 28.8. The lowest BCUT2D eigenvalue weighted by atomic mass is 10.2. The molecule has 0 saturated carbocycles. The highest BCUT2D eigenvalue weighted by molar-refractivity contribution is 7.07.